The molecule has 0 radical (unpaired) electrons. The van der Waals surface area contributed by atoms with E-state index in [2.05, 4.69) is 92.6 Å². The van der Waals surface area contributed by atoms with Crippen LogP contribution < -0.4 is 0 Å². The van der Waals surface area contributed by atoms with Crippen LogP contribution in [0.25, 0.3) is 5.57 Å². The van der Waals surface area contributed by atoms with Gasteiger partial charge >= 0.3 is 0 Å². The fourth-order valence-electron chi connectivity index (χ4n) is 4.41. The first-order valence-electron chi connectivity index (χ1n) is 11.4. The highest BCUT2D eigenvalue weighted by atomic mass is 16.5. The summed E-state index contributed by atoms with van der Waals surface area (Å²) in [7, 11) is 0. The molecule has 166 valence electrons. The summed E-state index contributed by atoms with van der Waals surface area (Å²) in [5, 5.41) is 9.58. The number of aliphatic hydroxyl groups excluding tert-OH is 1. The van der Waals surface area contributed by atoms with Gasteiger partial charge in [-0.15, -0.1) is 0 Å². The Bertz CT molecular complexity index is 880. The molecule has 0 amide bonds. The van der Waals surface area contributed by atoms with E-state index in [1.807, 2.05) is 13.8 Å². The molecular weight excluding hydrogens is 382 g/mol. The van der Waals surface area contributed by atoms with Crippen LogP contribution in [0, 0.1) is 13.8 Å². The summed E-state index contributed by atoms with van der Waals surface area (Å²) in [5.41, 5.74) is 6.43. The molecule has 1 heterocycles. The van der Waals surface area contributed by atoms with Crippen LogP contribution in [-0.4, -0.2) is 34.9 Å². The van der Waals surface area contributed by atoms with Crippen LogP contribution in [0.2, 0.25) is 0 Å². The zero-order valence-electron chi connectivity index (χ0n) is 19.6. The van der Waals surface area contributed by atoms with Crippen molar-refractivity contribution in [2.75, 3.05) is 6.54 Å². The minimum Gasteiger partial charge on any atom is -0.393 e. The lowest BCUT2D eigenvalue weighted by Gasteiger charge is -2.33. The molecule has 0 saturated heterocycles. The molecule has 3 nitrogen and oxygen atoms in total. The normalized spacial score (nSPS) is 19.1. The Balaban J connectivity index is 1.75. The van der Waals surface area contributed by atoms with Crippen molar-refractivity contribution in [1.29, 1.82) is 0 Å². The first-order chi connectivity index (χ1) is 14.8. The van der Waals surface area contributed by atoms with Gasteiger partial charge in [-0.1, -0.05) is 59.7 Å². The number of hydrogen-bond donors (Lipinski definition) is 1. The van der Waals surface area contributed by atoms with Crippen LogP contribution in [0.3, 0.4) is 0 Å². The first kappa shape index (κ1) is 23.3. The van der Waals surface area contributed by atoms with Gasteiger partial charge in [0, 0.05) is 12.7 Å². The molecule has 4 atom stereocenters. The van der Waals surface area contributed by atoms with Gasteiger partial charge in [-0.2, -0.15) is 0 Å². The van der Waals surface area contributed by atoms with E-state index in [0.29, 0.717) is 6.42 Å². The maximum atomic E-state index is 9.58. The summed E-state index contributed by atoms with van der Waals surface area (Å²) in [4.78, 5) is 2.40. The highest BCUT2D eigenvalue weighted by molar-refractivity contribution is 5.76. The third-order valence-corrected chi connectivity index (χ3v) is 5.77. The molecule has 3 unspecified atom stereocenters. The lowest BCUT2D eigenvalue weighted by Crippen LogP contribution is -2.29. The first-order valence-corrected chi connectivity index (χ1v) is 11.4. The van der Waals surface area contributed by atoms with Crippen molar-refractivity contribution in [2.24, 2.45) is 0 Å². The molecule has 2 aromatic rings. The number of aliphatic hydroxyl groups is 1. The molecule has 0 bridgehead atoms. The minimum absolute atomic E-state index is 0.0628. The van der Waals surface area contributed by atoms with Crippen LogP contribution in [-0.2, 0) is 4.74 Å². The molecule has 3 rings (SSSR count). The van der Waals surface area contributed by atoms with Gasteiger partial charge < -0.3 is 14.7 Å². The van der Waals surface area contributed by atoms with E-state index in [-0.39, 0.29) is 24.4 Å². The molecular formula is C28H37NO2. The van der Waals surface area contributed by atoms with Crippen LogP contribution in [0.4, 0.5) is 0 Å². The Morgan fingerprint density at radius 3 is 2.29 bits per heavy atom. The third kappa shape index (κ3) is 6.81. The molecule has 0 aliphatic carbocycles. The molecule has 1 N–H and O–H groups in total. The summed E-state index contributed by atoms with van der Waals surface area (Å²) in [5.74, 6) is 0. The number of benzene rings is 2. The third-order valence-electron chi connectivity index (χ3n) is 5.77. The zero-order valence-corrected chi connectivity index (χ0v) is 19.6. The van der Waals surface area contributed by atoms with Crippen LogP contribution in [0.5, 0.6) is 0 Å². The second kappa shape index (κ2) is 10.8. The molecule has 0 fully saturated rings. The molecule has 0 saturated carbocycles. The van der Waals surface area contributed by atoms with Gasteiger partial charge in [0.25, 0.3) is 0 Å². The van der Waals surface area contributed by atoms with Gasteiger partial charge in [0.1, 0.15) is 0 Å². The maximum absolute atomic E-state index is 9.58. The standard InChI is InChI=1S/C28H37NO2/c1-20-15-21(2)17-27(16-20)26-12-14-29(28(19-26)25-9-7-6-8-10-25)13-11-23(4)31-24(5)18-22(3)30/h6-10,12,14-17,19,22-24,28,30H,11,13,18H2,1-5H3/t22?,23-,24?,28?/m0/s1. The molecule has 0 spiro atoms. The Labute approximate surface area is 188 Å². The Morgan fingerprint density at radius 1 is 0.968 bits per heavy atom. The molecule has 2 aromatic carbocycles. The largest absolute Gasteiger partial charge is 0.393 e. The monoisotopic (exact) mass is 419 g/mol. The van der Waals surface area contributed by atoms with Crippen molar-refractivity contribution >= 4 is 5.57 Å². The minimum atomic E-state index is -0.330. The predicted octanol–water partition coefficient (Wildman–Crippen LogP) is 6.21. The number of allylic oxidation sites excluding steroid dienone is 2. The SMILES string of the molecule is Cc1cc(C)cc(C2=CC(c3ccccc3)N(CC[C@H](C)OC(C)CC(C)O)C=C2)c1. The highest BCUT2D eigenvalue weighted by Gasteiger charge is 2.21. The number of nitrogens with zero attached hydrogens (tertiary/aromatic N) is 1. The van der Waals surface area contributed by atoms with E-state index in [0.717, 1.165) is 13.0 Å². The second-order valence-corrected chi connectivity index (χ2v) is 9.04. The summed E-state index contributed by atoms with van der Waals surface area (Å²) in [6.07, 6.45) is 8.32. The zero-order chi connectivity index (χ0) is 22.4. The van der Waals surface area contributed by atoms with Gasteiger partial charge in [0.05, 0.1) is 24.4 Å². The predicted molar refractivity (Wildman–Crippen MR) is 130 cm³/mol. The number of ether oxygens (including phenoxy) is 1. The van der Waals surface area contributed by atoms with Crippen molar-refractivity contribution in [3.05, 3.63) is 89.1 Å². The van der Waals surface area contributed by atoms with E-state index in [1.165, 1.54) is 27.8 Å². The summed E-state index contributed by atoms with van der Waals surface area (Å²) < 4.78 is 6.08. The number of aryl methyl sites for hydroxylation is 2. The van der Waals surface area contributed by atoms with Crippen molar-refractivity contribution in [3.63, 3.8) is 0 Å². The fourth-order valence-corrected chi connectivity index (χ4v) is 4.41. The van der Waals surface area contributed by atoms with Crippen molar-refractivity contribution in [1.82, 2.24) is 4.90 Å². The molecule has 1 aliphatic rings. The fraction of sp³-hybridized carbons (Fsp3) is 0.429. The smallest absolute Gasteiger partial charge is 0.0730 e. The summed E-state index contributed by atoms with van der Waals surface area (Å²) >= 11 is 0. The molecule has 3 heteroatoms. The van der Waals surface area contributed by atoms with E-state index in [1.54, 1.807) is 0 Å². The number of hydrogen-bond acceptors (Lipinski definition) is 3. The Morgan fingerprint density at radius 2 is 1.65 bits per heavy atom. The molecule has 31 heavy (non-hydrogen) atoms. The van der Waals surface area contributed by atoms with E-state index < -0.39 is 0 Å². The Kier molecular flexibility index (Phi) is 8.11. The van der Waals surface area contributed by atoms with Crippen molar-refractivity contribution in [2.45, 2.75) is 71.8 Å². The van der Waals surface area contributed by atoms with Crippen molar-refractivity contribution in [3.8, 4) is 0 Å². The second-order valence-electron chi connectivity index (χ2n) is 9.04. The Hall–Kier alpha value is -2.36. The molecule has 1 aliphatic heterocycles. The quantitative estimate of drug-likeness (QED) is 0.524. The average Bonchev–Trinajstić information content (AvgIpc) is 2.71. The van der Waals surface area contributed by atoms with E-state index in [4.69, 9.17) is 4.74 Å². The maximum Gasteiger partial charge on any atom is 0.0730 e. The average molecular weight is 420 g/mol. The topological polar surface area (TPSA) is 32.7 Å². The van der Waals surface area contributed by atoms with Crippen LogP contribution in [0.1, 0.15) is 61.9 Å². The molecule has 0 aromatic heterocycles. The lowest BCUT2D eigenvalue weighted by molar-refractivity contribution is -0.0213. The van der Waals surface area contributed by atoms with Gasteiger partial charge in [-0.25, -0.2) is 0 Å². The van der Waals surface area contributed by atoms with Crippen LogP contribution in [0.15, 0.2) is 66.9 Å². The highest BCUT2D eigenvalue weighted by Crippen LogP contribution is 2.33. The van der Waals surface area contributed by atoms with Gasteiger partial charge in [-0.05, 0) is 76.3 Å². The van der Waals surface area contributed by atoms with Gasteiger partial charge in [0.2, 0.25) is 0 Å². The van der Waals surface area contributed by atoms with Crippen LogP contribution >= 0.6 is 0 Å². The lowest BCUT2D eigenvalue weighted by atomic mass is 9.94. The number of rotatable bonds is 9. The summed E-state index contributed by atoms with van der Waals surface area (Å²) in [6.45, 7) is 11.2. The summed E-state index contributed by atoms with van der Waals surface area (Å²) in [6, 6.07) is 17.6. The van der Waals surface area contributed by atoms with Gasteiger partial charge in [0.15, 0.2) is 0 Å². The van der Waals surface area contributed by atoms with E-state index >= 15 is 0 Å². The van der Waals surface area contributed by atoms with Gasteiger partial charge in [-0.3, -0.25) is 0 Å². The van der Waals surface area contributed by atoms with Crippen molar-refractivity contribution < 1.29 is 9.84 Å². The van der Waals surface area contributed by atoms with E-state index in [9.17, 15) is 5.11 Å².